The summed E-state index contributed by atoms with van der Waals surface area (Å²) in [7, 11) is 0. The third kappa shape index (κ3) is 4.26. The number of ether oxygens (including phenoxy) is 1. The number of aromatic nitrogens is 1. The maximum atomic E-state index is 11.2. The molecule has 0 saturated carbocycles. The monoisotopic (exact) mass is 413 g/mol. The van der Waals surface area contributed by atoms with Crippen LogP contribution in [0.5, 0.6) is 5.75 Å². The molecule has 0 aliphatic heterocycles. The molecule has 1 aliphatic rings. The van der Waals surface area contributed by atoms with E-state index in [1.807, 2.05) is 36.4 Å². The molecule has 0 radical (unpaired) electrons. The Kier molecular flexibility index (Phi) is 5.74. The topological polar surface area (TPSA) is 52.3 Å². The van der Waals surface area contributed by atoms with Crippen LogP contribution >= 0.6 is 23.4 Å². The minimum Gasteiger partial charge on any atom is -0.486 e. The first-order valence-corrected chi connectivity index (χ1v) is 10.6. The third-order valence-electron chi connectivity index (χ3n) is 4.69. The van der Waals surface area contributed by atoms with Gasteiger partial charge in [-0.15, -0.1) is 11.8 Å². The summed E-state index contributed by atoms with van der Waals surface area (Å²) < 4.78 is 11.2. The number of thioether (sulfide) groups is 1. The minimum absolute atomic E-state index is 0.0349. The van der Waals surface area contributed by atoms with Crippen molar-refractivity contribution in [2.75, 3.05) is 6.61 Å². The van der Waals surface area contributed by atoms with Crippen LogP contribution in [0.15, 0.2) is 51.9 Å². The van der Waals surface area contributed by atoms with Crippen molar-refractivity contribution >= 4 is 29.1 Å². The fourth-order valence-corrected chi connectivity index (χ4v) is 4.50. The first-order chi connectivity index (χ1) is 13.6. The SMILES string of the molecule is CC(=O)COc1ccc(SCc2cc(-c3ccc(Cl)cc3)on2)c2c1CCC2. The van der Waals surface area contributed by atoms with Crippen LogP contribution in [-0.2, 0) is 23.4 Å². The molecule has 2 aromatic carbocycles. The number of rotatable bonds is 7. The molecule has 1 aliphatic carbocycles. The Labute approximate surface area is 173 Å². The summed E-state index contributed by atoms with van der Waals surface area (Å²) in [4.78, 5) is 12.5. The largest absolute Gasteiger partial charge is 0.486 e. The van der Waals surface area contributed by atoms with E-state index in [2.05, 4.69) is 11.2 Å². The van der Waals surface area contributed by atoms with Crippen molar-refractivity contribution in [2.45, 2.75) is 36.8 Å². The summed E-state index contributed by atoms with van der Waals surface area (Å²) >= 11 is 7.70. The quantitative estimate of drug-likeness (QED) is 0.462. The molecule has 3 aromatic rings. The summed E-state index contributed by atoms with van der Waals surface area (Å²) in [5.74, 6) is 2.36. The van der Waals surface area contributed by atoms with Crippen molar-refractivity contribution < 1.29 is 14.1 Å². The van der Waals surface area contributed by atoms with Gasteiger partial charge in [0.05, 0.1) is 5.69 Å². The Morgan fingerprint density at radius 2 is 1.96 bits per heavy atom. The maximum absolute atomic E-state index is 11.2. The van der Waals surface area contributed by atoms with Crippen LogP contribution in [0, 0.1) is 0 Å². The van der Waals surface area contributed by atoms with Crippen LogP contribution in [0.3, 0.4) is 0 Å². The number of halogens is 1. The number of hydrogen-bond donors (Lipinski definition) is 0. The lowest BCUT2D eigenvalue weighted by Crippen LogP contribution is -2.08. The average molecular weight is 414 g/mol. The Bertz CT molecular complexity index is 998. The van der Waals surface area contributed by atoms with E-state index in [0.29, 0.717) is 5.02 Å². The first-order valence-electron chi connectivity index (χ1n) is 9.21. The number of carbonyl (C=O) groups is 1. The van der Waals surface area contributed by atoms with Crippen molar-refractivity contribution in [2.24, 2.45) is 0 Å². The molecular formula is C22H20ClNO3S. The summed E-state index contributed by atoms with van der Waals surface area (Å²) in [6.07, 6.45) is 3.17. The molecular weight excluding hydrogens is 394 g/mol. The molecule has 0 fully saturated rings. The molecule has 4 nitrogen and oxygen atoms in total. The minimum atomic E-state index is 0.0349. The van der Waals surface area contributed by atoms with Crippen LogP contribution < -0.4 is 4.74 Å². The normalized spacial score (nSPS) is 12.8. The molecule has 0 unspecified atom stereocenters. The fraction of sp³-hybridized carbons (Fsp3) is 0.273. The number of hydrogen-bond acceptors (Lipinski definition) is 5. The highest BCUT2D eigenvalue weighted by molar-refractivity contribution is 7.98. The van der Waals surface area contributed by atoms with Gasteiger partial charge in [0.1, 0.15) is 12.4 Å². The molecule has 144 valence electrons. The Balaban J connectivity index is 1.46. The van der Waals surface area contributed by atoms with Gasteiger partial charge in [-0.3, -0.25) is 4.79 Å². The van der Waals surface area contributed by atoms with Crippen molar-refractivity contribution in [1.29, 1.82) is 0 Å². The average Bonchev–Trinajstić information content (AvgIpc) is 3.35. The van der Waals surface area contributed by atoms with Crippen LogP contribution in [0.2, 0.25) is 5.02 Å². The van der Waals surface area contributed by atoms with E-state index in [1.54, 1.807) is 18.7 Å². The molecule has 6 heteroatoms. The lowest BCUT2D eigenvalue weighted by Gasteiger charge is -2.13. The summed E-state index contributed by atoms with van der Waals surface area (Å²) in [6, 6.07) is 13.6. The van der Waals surface area contributed by atoms with E-state index in [0.717, 1.165) is 47.8 Å². The molecule has 0 atom stereocenters. The number of nitrogens with zero attached hydrogens (tertiary/aromatic N) is 1. The Morgan fingerprint density at radius 1 is 1.18 bits per heavy atom. The first kappa shape index (κ1) is 19.1. The molecule has 0 spiro atoms. The Morgan fingerprint density at radius 3 is 2.75 bits per heavy atom. The van der Waals surface area contributed by atoms with Gasteiger partial charge in [0, 0.05) is 27.3 Å². The molecule has 1 heterocycles. The molecule has 0 bridgehead atoms. The second-order valence-corrected chi connectivity index (χ2v) is 8.29. The summed E-state index contributed by atoms with van der Waals surface area (Å²) in [5, 5.41) is 4.90. The summed E-state index contributed by atoms with van der Waals surface area (Å²) in [5.41, 5.74) is 4.44. The van der Waals surface area contributed by atoms with Gasteiger partial charge < -0.3 is 9.26 Å². The van der Waals surface area contributed by atoms with Gasteiger partial charge in [0.2, 0.25) is 0 Å². The second kappa shape index (κ2) is 8.41. The number of ketones is 1. The van der Waals surface area contributed by atoms with Gasteiger partial charge in [0.25, 0.3) is 0 Å². The number of Topliss-reactive ketones (excluding diaryl/α,β-unsaturated/α-hetero) is 1. The fourth-order valence-electron chi connectivity index (χ4n) is 3.37. The highest BCUT2D eigenvalue weighted by Crippen LogP contribution is 2.38. The van der Waals surface area contributed by atoms with E-state index in [1.165, 1.54) is 16.0 Å². The van der Waals surface area contributed by atoms with Crippen LogP contribution in [-0.4, -0.2) is 17.5 Å². The third-order valence-corrected chi connectivity index (χ3v) is 6.08. The zero-order valence-corrected chi connectivity index (χ0v) is 17.1. The van der Waals surface area contributed by atoms with Crippen LogP contribution in [0.25, 0.3) is 11.3 Å². The van der Waals surface area contributed by atoms with Gasteiger partial charge in [-0.1, -0.05) is 16.8 Å². The van der Waals surface area contributed by atoms with Crippen molar-refractivity contribution in [3.63, 3.8) is 0 Å². The molecule has 28 heavy (non-hydrogen) atoms. The van der Waals surface area contributed by atoms with Gasteiger partial charge in [0.15, 0.2) is 11.5 Å². The van der Waals surface area contributed by atoms with E-state index >= 15 is 0 Å². The second-order valence-electron chi connectivity index (χ2n) is 6.84. The van der Waals surface area contributed by atoms with Gasteiger partial charge in [-0.05, 0) is 73.7 Å². The van der Waals surface area contributed by atoms with Gasteiger partial charge in [-0.2, -0.15) is 0 Å². The van der Waals surface area contributed by atoms with Crippen LogP contribution in [0.1, 0.15) is 30.2 Å². The van der Waals surface area contributed by atoms with E-state index in [9.17, 15) is 4.79 Å². The van der Waals surface area contributed by atoms with E-state index in [-0.39, 0.29) is 12.4 Å². The standard InChI is InChI=1S/C22H20ClNO3S/c1-14(25)12-26-20-9-10-22(19-4-2-3-18(19)20)28-13-17-11-21(27-24-17)15-5-7-16(23)8-6-15/h5-11H,2-4,12-13H2,1H3. The highest BCUT2D eigenvalue weighted by atomic mass is 35.5. The maximum Gasteiger partial charge on any atom is 0.167 e. The van der Waals surface area contributed by atoms with Crippen LogP contribution in [0.4, 0.5) is 0 Å². The number of carbonyl (C=O) groups excluding carboxylic acids is 1. The van der Waals surface area contributed by atoms with Crippen molar-refractivity contribution in [1.82, 2.24) is 5.16 Å². The zero-order valence-electron chi connectivity index (χ0n) is 15.5. The molecule has 1 aromatic heterocycles. The van der Waals surface area contributed by atoms with Gasteiger partial charge in [-0.25, -0.2) is 0 Å². The van der Waals surface area contributed by atoms with Crippen molar-refractivity contribution in [3.05, 3.63) is 64.3 Å². The number of benzene rings is 2. The zero-order chi connectivity index (χ0) is 19.5. The van der Waals surface area contributed by atoms with Gasteiger partial charge >= 0.3 is 0 Å². The Hall–Kier alpha value is -2.24. The summed E-state index contributed by atoms with van der Waals surface area (Å²) in [6.45, 7) is 1.67. The predicted molar refractivity (Wildman–Crippen MR) is 111 cm³/mol. The molecule has 0 amide bonds. The van der Waals surface area contributed by atoms with E-state index in [4.69, 9.17) is 20.9 Å². The lowest BCUT2D eigenvalue weighted by molar-refractivity contribution is -0.118. The molecule has 0 N–H and O–H groups in total. The number of fused-ring (bicyclic) bond motifs is 1. The lowest BCUT2D eigenvalue weighted by atomic mass is 10.1. The van der Waals surface area contributed by atoms with Crippen molar-refractivity contribution in [3.8, 4) is 17.1 Å². The molecule has 4 rings (SSSR count). The van der Waals surface area contributed by atoms with E-state index < -0.39 is 0 Å². The highest BCUT2D eigenvalue weighted by Gasteiger charge is 2.20. The predicted octanol–water partition coefficient (Wildman–Crippen LogP) is 5.74. The molecule has 0 saturated heterocycles. The smallest absolute Gasteiger partial charge is 0.167 e.